The van der Waals surface area contributed by atoms with Crippen LogP contribution in [0.15, 0.2) is 18.2 Å². The molecule has 3 rings (SSSR count). The first-order valence-electron chi connectivity index (χ1n) is 7.45. The zero-order valence-electron chi connectivity index (χ0n) is 12.6. The summed E-state index contributed by atoms with van der Waals surface area (Å²) in [5, 5.41) is 3.35. The molecular formula is C16H20N2O4. The van der Waals surface area contributed by atoms with Gasteiger partial charge in [0.2, 0.25) is 5.91 Å². The van der Waals surface area contributed by atoms with Crippen molar-refractivity contribution in [1.29, 1.82) is 0 Å². The van der Waals surface area contributed by atoms with Gasteiger partial charge in [0.25, 0.3) is 6.47 Å². The quantitative estimate of drug-likeness (QED) is 0.839. The van der Waals surface area contributed by atoms with Crippen molar-refractivity contribution in [1.82, 2.24) is 4.90 Å². The molecule has 0 spiro atoms. The fraction of sp³-hybridized carbons (Fsp3) is 0.500. The topological polar surface area (TPSA) is 67.9 Å². The maximum Gasteiger partial charge on any atom is 0.293 e. The Morgan fingerprint density at radius 3 is 2.95 bits per heavy atom. The highest BCUT2D eigenvalue weighted by atomic mass is 16.5. The van der Waals surface area contributed by atoms with Crippen LogP contribution in [0.3, 0.4) is 0 Å². The van der Waals surface area contributed by atoms with Crippen LogP contribution in [0.2, 0.25) is 0 Å². The van der Waals surface area contributed by atoms with Crippen LogP contribution in [0.4, 0.5) is 5.69 Å². The molecule has 0 radical (unpaired) electrons. The average molecular weight is 304 g/mol. The van der Waals surface area contributed by atoms with E-state index in [1.165, 1.54) is 0 Å². The van der Waals surface area contributed by atoms with Gasteiger partial charge in [0, 0.05) is 25.2 Å². The molecule has 1 fully saturated rings. The second kappa shape index (κ2) is 5.96. The molecule has 6 nitrogen and oxygen atoms in total. The van der Waals surface area contributed by atoms with Crippen LogP contribution in [0.1, 0.15) is 18.1 Å². The highest BCUT2D eigenvalue weighted by Crippen LogP contribution is 2.34. The molecule has 1 unspecified atom stereocenters. The van der Waals surface area contributed by atoms with E-state index in [0.717, 1.165) is 16.8 Å². The third kappa shape index (κ3) is 2.78. The van der Waals surface area contributed by atoms with E-state index in [1.807, 2.05) is 30.0 Å². The van der Waals surface area contributed by atoms with Gasteiger partial charge in [0.05, 0.1) is 13.2 Å². The Balaban J connectivity index is 1.74. The van der Waals surface area contributed by atoms with Gasteiger partial charge in [-0.15, -0.1) is 0 Å². The van der Waals surface area contributed by atoms with Gasteiger partial charge in [-0.3, -0.25) is 9.59 Å². The number of carbonyl (C=O) groups is 2. The smallest absolute Gasteiger partial charge is 0.293 e. The van der Waals surface area contributed by atoms with Crippen LogP contribution in [0.5, 0.6) is 0 Å². The number of benzene rings is 1. The Morgan fingerprint density at radius 1 is 1.45 bits per heavy atom. The number of nitrogens with one attached hydrogen (secondary N) is 1. The molecule has 118 valence electrons. The number of hydrogen-bond acceptors (Lipinski definition) is 5. The number of morpholine rings is 1. The summed E-state index contributed by atoms with van der Waals surface area (Å²) in [7, 11) is 0. The number of anilines is 1. The van der Waals surface area contributed by atoms with E-state index in [9.17, 15) is 9.59 Å². The maximum atomic E-state index is 12.8. The molecule has 2 heterocycles. The Morgan fingerprint density at radius 2 is 2.23 bits per heavy atom. The summed E-state index contributed by atoms with van der Waals surface area (Å²) >= 11 is 0. The van der Waals surface area contributed by atoms with Crippen LogP contribution in [-0.2, 0) is 32.1 Å². The van der Waals surface area contributed by atoms with E-state index in [-0.39, 0.29) is 12.5 Å². The zero-order valence-corrected chi connectivity index (χ0v) is 12.6. The highest BCUT2D eigenvalue weighted by molar-refractivity contribution is 5.92. The van der Waals surface area contributed by atoms with Crippen molar-refractivity contribution in [2.75, 3.05) is 31.6 Å². The van der Waals surface area contributed by atoms with Crippen LogP contribution < -0.4 is 5.32 Å². The highest BCUT2D eigenvalue weighted by Gasteiger charge is 2.42. The maximum absolute atomic E-state index is 12.8. The number of amides is 1. The van der Waals surface area contributed by atoms with Crippen molar-refractivity contribution in [3.05, 3.63) is 29.3 Å². The minimum Gasteiger partial charge on any atom is -0.463 e. The second-order valence-corrected chi connectivity index (χ2v) is 5.94. The van der Waals surface area contributed by atoms with Crippen LogP contribution in [0, 0.1) is 0 Å². The number of fused-ring (bicyclic) bond motifs is 1. The first-order chi connectivity index (χ1) is 10.6. The third-order valence-corrected chi connectivity index (χ3v) is 4.21. The Labute approximate surface area is 129 Å². The summed E-state index contributed by atoms with van der Waals surface area (Å²) in [4.78, 5) is 24.9. The molecule has 1 aromatic carbocycles. The van der Waals surface area contributed by atoms with E-state index >= 15 is 0 Å². The third-order valence-electron chi connectivity index (χ3n) is 4.21. The fourth-order valence-corrected chi connectivity index (χ4v) is 3.10. The molecule has 0 saturated carbocycles. The van der Waals surface area contributed by atoms with Gasteiger partial charge in [0.1, 0.15) is 12.1 Å². The largest absolute Gasteiger partial charge is 0.463 e. The standard InChI is InChI=1S/C16H20N2O4/c1-16(15(20)18-4-6-21-7-5-18)9-13-8-12(10-22-11-19)2-3-14(13)17-16/h2-3,8,11,17H,4-7,9-10H2,1H3. The fourth-order valence-electron chi connectivity index (χ4n) is 3.10. The van der Waals surface area contributed by atoms with Gasteiger partial charge in [-0.25, -0.2) is 0 Å². The number of ether oxygens (including phenoxy) is 2. The second-order valence-electron chi connectivity index (χ2n) is 5.94. The molecule has 1 aromatic rings. The van der Waals surface area contributed by atoms with Crippen molar-refractivity contribution < 1.29 is 19.1 Å². The predicted molar refractivity (Wildman–Crippen MR) is 80.4 cm³/mol. The summed E-state index contributed by atoms with van der Waals surface area (Å²) in [5.41, 5.74) is 2.36. The lowest BCUT2D eigenvalue weighted by Crippen LogP contribution is -2.54. The first-order valence-corrected chi connectivity index (χ1v) is 7.45. The normalized spacial score (nSPS) is 23.6. The Hall–Kier alpha value is -2.08. The van der Waals surface area contributed by atoms with Gasteiger partial charge in [-0.2, -0.15) is 0 Å². The Bertz CT molecular complexity index is 584. The van der Waals surface area contributed by atoms with Crippen molar-refractivity contribution in [3.63, 3.8) is 0 Å². The monoisotopic (exact) mass is 304 g/mol. The van der Waals surface area contributed by atoms with E-state index in [1.54, 1.807) is 0 Å². The van der Waals surface area contributed by atoms with Crippen molar-refractivity contribution in [3.8, 4) is 0 Å². The van der Waals surface area contributed by atoms with Gasteiger partial charge in [-0.1, -0.05) is 12.1 Å². The molecule has 22 heavy (non-hydrogen) atoms. The predicted octanol–water partition coefficient (Wildman–Crippen LogP) is 0.945. The first kappa shape index (κ1) is 14.8. The molecule has 1 saturated heterocycles. The number of hydrogen-bond donors (Lipinski definition) is 1. The van der Waals surface area contributed by atoms with Gasteiger partial charge in [-0.05, 0) is 24.1 Å². The van der Waals surface area contributed by atoms with E-state index in [4.69, 9.17) is 9.47 Å². The number of carbonyl (C=O) groups excluding carboxylic acids is 2. The molecule has 0 bridgehead atoms. The van der Waals surface area contributed by atoms with Crippen molar-refractivity contribution in [2.45, 2.75) is 25.5 Å². The minimum atomic E-state index is -0.621. The summed E-state index contributed by atoms with van der Waals surface area (Å²) in [6, 6.07) is 5.83. The van der Waals surface area contributed by atoms with Crippen LogP contribution in [-0.4, -0.2) is 49.1 Å². The molecule has 2 aliphatic heterocycles. The summed E-state index contributed by atoms with van der Waals surface area (Å²) in [6.07, 6.45) is 0.632. The Kier molecular flexibility index (Phi) is 4.02. The average Bonchev–Trinajstić information content (AvgIpc) is 2.89. The molecule has 0 aromatic heterocycles. The van der Waals surface area contributed by atoms with Crippen molar-refractivity contribution in [2.24, 2.45) is 0 Å². The zero-order chi connectivity index (χ0) is 15.6. The van der Waals surface area contributed by atoms with Gasteiger partial charge >= 0.3 is 0 Å². The lowest BCUT2D eigenvalue weighted by Gasteiger charge is -2.34. The van der Waals surface area contributed by atoms with E-state index < -0.39 is 5.54 Å². The lowest BCUT2D eigenvalue weighted by molar-refractivity contribution is -0.139. The molecule has 2 aliphatic rings. The van der Waals surface area contributed by atoms with E-state index in [2.05, 4.69) is 5.32 Å². The molecule has 1 N–H and O–H groups in total. The molecule has 0 aliphatic carbocycles. The summed E-state index contributed by atoms with van der Waals surface area (Å²) in [6.45, 7) is 5.12. The molecule has 6 heteroatoms. The number of nitrogens with zero attached hydrogens (tertiary/aromatic N) is 1. The van der Waals surface area contributed by atoms with Gasteiger partial charge < -0.3 is 19.7 Å². The minimum absolute atomic E-state index is 0.109. The molecule has 1 amide bonds. The molecule has 1 atom stereocenters. The molecular weight excluding hydrogens is 284 g/mol. The lowest BCUT2D eigenvalue weighted by atomic mass is 9.95. The van der Waals surface area contributed by atoms with Crippen LogP contribution in [0.25, 0.3) is 0 Å². The summed E-state index contributed by atoms with van der Waals surface area (Å²) in [5.74, 6) is 0.109. The van der Waals surface area contributed by atoms with Gasteiger partial charge in [0.15, 0.2) is 0 Å². The van der Waals surface area contributed by atoms with Crippen LogP contribution >= 0.6 is 0 Å². The number of rotatable bonds is 4. The summed E-state index contributed by atoms with van der Waals surface area (Å²) < 4.78 is 10.1. The SMILES string of the molecule is CC1(C(=O)N2CCOCC2)Cc2cc(COC=O)ccc2N1. The van der Waals surface area contributed by atoms with E-state index in [0.29, 0.717) is 39.2 Å². The van der Waals surface area contributed by atoms with Crippen molar-refractivity contribution >= 4 is 18.1 Å².